The molecule has 1 heterocycles. The van der Waals surface area contributed by atoms with Crippen LogP contribution in [0.3, 0.4) is 0 Å². The molecule has 0 unspecified atom stereocenters. The molecule has 3 aromatic carbocycles. The summed E-state index contributed by atoms with van der Waals surface area (Å²) in [6.07, 6.45) is 2.66. The van der Waals surface area contributed by atoms with Crippen LogP contribution in [0.5, 0.6) is 0 Å². The van der Waals surface area contributed by atoms with Crippen molar-refractivity contribution in [2.45, 2.75) is 18.6 Å². The summed E-state index contributed by atoms with van der Waals surface area (Å²) in [6, 6.07) is 22.1. The van der Waals surface area contributed by atoms with Crippen LogP contribution in [-0.4, -0.2) is 16.8 Å². The molecule has 0 spiro atoms. The Bertz CT molecular complexity index is 1130. The first-order valence-corrected chi connectivity index (χ1v) is 9.62. The largest absolute Gasteiger partial charge is 0.375 e. The minimum Gasteiger partial charge on any atom is -0.375 e. The van der Waals surface area contributed by atoms with Crippen LogP contribution < -0.4 is 4.90 Å². The first-order valence-electron chi connectivity index (χ1n) is 9.62. The van der Waals surface area contributed by atoms with E-state index in [1.165, 1.54) is 23.1 Å². The number of carbonyl (C=O) groups excluding carboxylic acids is 2. The predicted molar refractivity (Wildman–Crippen MR) is 113 cm³/mol. The molecular formula is C25H20FNO3. The van der Waals surface area contributed by atoms with Gasteiger partial charge < -0.3 is 10.0 Å². The molecule has 0 saturated carbocycles. The Kier molecular flexibility index (Phi) is 5.29. The lowest BCUT2D eigenvalue weighted by molar-refractivity contribution is -0.140. The molecule has 30 heavy (non-hydrogen) atoms. The number of nitrogens with zero attached hydrogens (tertiary/aromatic N) is 1. The fourth-order valence-electron chi connectivity index (χ4n) is 3.72. The number of hydrogen-bond donors (Lipinski definition) is 1. The van der Waals surface area contributed by atoms with Gasteiger partial charge >= 0.3 is 0 Å². The van der Waals surface area contributed by atoms with Crippen molar-refractivity contribution in [1.29, 1.82) is 0 Å². The van der Waals surface area contributed by atoms with Crippen molar-refractivity contribution in [2.75, 3.05) is 4.90 Å². The first-order chi connectivity index (χ1) is 14.5. The van der Waals surface area contributed by atoms with Crippen LogP contribution in [0.25, 0.3) is 6.08 Å². The molecule has 0 saturated heterocycles. The maximum atomic E-state index is 13.6. The summed E-state index contributed by atoms with van der Waals surface area (Å²) in [5.41, 5.74) is 0.394. The van der Waals surface area contributed by atoms with Crippen LogP contribution in [-0.2, 0) is 21.7 Å². The van der Waals surface area contributed by atoms with Crippen LogP contribution in [0.15, 0.2) is 84.9 Å². The molecule has 1 N–H and O–H groups in total. The van der Waals surface area contributed by atoms with Crippen molar-refractivity contribution in [3.8, 4) is 0 Å². The fourth-order valence-corrected chi connectivity index (χ4v) is 3.72. The van der Waals surface area contributed by atoms with Crippen molar-refractivity contribution in [3.05, 3.63) is 107 Å². The van der Waals surface area contributed by atoms with Gasteiger partial charge in [-0.15, -0.1) is 0 Å². The van der Waals surface area contributed by atoms with Crippen molar-refractivity contribution in [1.82, 2.24) is 0 Å². The highest BCUT2D eigenvalue weighted by Crippen LogP contribution is 2.43. The van der Waals surface area contributed by atoms with Gasteiger partial charge in [-0.25, -0.2) is 4.39 Å². The molecule has 0 bridgehead atoms. The second kappa shape index (κ2) is 8.05. The third-order valence-electron chi connectivity index (χ3n) is 5.16. The van der Waals surface area contributed by atoms with Crippen molar-refractivity contribution in [2.24, 2.45) is 0 Å². The normalized spacial score (nSPS) is 18.1. The number of amides is 1. The number of carbonyl (C=O) groups is 2. The number of rotatable bonds is 6. The number of halogens is 1. The van der Waals surface area contributed by atoms with E-state index in [-0.39, 0.29) is 18.7 Å². The van der Waals surface area contributed by atoms with Gasteiger partial charge in [0.05, 0.1) is 18.7 Å². The Morgan fingerprint density at radius 1 is 1.00 bits per heavy atom. The lowest BCUT2D eigenvalue weighted by Crippen LogP contribution is -2.41. The molecule has 150 valence electrons. The molecule has 3 aromatic rings. The van der Waals surface area contributed by atoms with Crippen LogP contribution in [0.1, 0.15) is 23.1 Å². The monoisotopic (exact) mass is 401 g/mol. The topological polar surface area (TPSA) is 57.6 Å². The van der Waals surface area contributed by atoms with E-state index in [0.29, 0.717) is 16.8 Å². The zero-order valence-corrected chi connectivity index (χ0v) is 16.2. The Morgan fingerprint density at radius 2 is 1.73 bits per heavy atom. The smallest absolute Gasteiger partial charge is 0.264 e. The number of aliphatic hydroxyl groups is 1. The first kappa shape index (κ1) is 19.7. The lowest BCUT2D eigenvalue weighted by atomic mass is 9.89. The van der Waals surface area contributed by atoms with Gasteiger partial charge in [0.2, 0.25) is 0 Å². The SMILES string of the molecule is O=C(/C=C/c1ccccc1)C[C@@]1(O)C(=O)N(Cc2cccc(F)c2)c2ccccc21. The van der Waals surface area contributed by atoms with E-state index in [1.807, 2.05) is 30.3 Å². The zero-order chi connectivity index (χ0) is 21.1. The van der Waals surface area contributed by atoms with Crippen LogP contribution in [0.2, 0.25) is 0 Å². The van der Waals surface area contributed by atoms with E-state index in [4.69, 9.17) is 0 Å². The maximum absolute atomic E-state index is 13.6. The average molecular weight is 401 g/mol. The molecule has 0 radical (unpaired) electrons. The minimum atomic E-state index is -1.96. The number of hydrogen-bond acceptors (Lipinski definition) is 3. The summed E-state index contributed by atoms with van der Waals surface area (Å²) in [6.45, 7) is 0.101. The number of fused-ring (bicyclic) bond motifs is 1. The number of allylic oxidation sites excluding steroid dienone is 1. The summed E-state index contributed by atoms with van der Waals surface area (Å²) >= 11 is 0. The highest BCUT2D eigenvalue weighted by Gasteiger charge is 2.50. The molecular weight excluding hydrogens is 381 g/mol. The molecule has 1 atom stereocenters. The van der Waals surface area contributed by atoms with Crippen molar-refractivity contribution < 1.29 is 19.1 Å². The van der Waals surface area contributed by atoms with E-state index in [2.05, 4.69) is 0 Å². The quantitative estimate of drug-likeness (QED) is 0.629. The molecule has 5 heteroatoms. The van der Waals surface area contributed by atoms with E-state index >= 15 is 0 Å². The van der Waals surface area contributed by atoms with Gasteiger partial charge in [0.15, 0.2) is 11.4 Å². The summed E-state index contributed by atoms with van der Waals surface area (Å²) in [4.78, 5) is 27.2. The molecule has 1 amide bonds. The predicted octanol–water partition coefficient (Wildman–Crippen LogP) is 4.23. The van der Waals surface area contributed by atoms with Gasteiger partial charge in [0.1, 0.15) is 5.82 Å². The van der Waals surface area contributed by atoms with E-state index in [0.717, 1.165) is 5.56 Å². The summed E-state index contributed by atoms with van der Waals surface area (Å²) in [5.74, 6) is -1.35. The third-order valence-corrected chi connectivity index (χ3v) is 5.16. The number of anilines is 1. The van der Waals surface area contributed by atoms with Gasteiger partial charge in [-0.2, -0.15) is 0 Å². The molecule has 4 rings (SSSR count). The molecule has 0 aromatic heterocycles. The van der Waals surface area contributed by atoms with Gasteiger partial charge in [-0.05, 0) is 35.4 Å². The molecule has 0 aliphatic carbocycles. The maximum Gasteiger partial charge on any atom is 0.264 e. The Hall–Kier alpha value is -3.57. The Labute approximate surface area is 173 Å². The number of para-hydroxylation sites is 1. The number of ketones is 1. The molecule has 1 aliphatic rings. The van der Waals surface area contributed by atoms with Gasteiger partial charge in [-0.1, -0.05) is 66.7 Å². The van der Waals surface area contributed by atoms with Gasteiger partial charge in [0.25, 0.3) is 5.91 Å². The third kappa shape index (κ3) is 3.80. The Balaban J connectivity index is 1.60. The number of benzene rings is 3. The van der Waals surface area contributed by atoms with Crippen LogP contribution >= 0.6 is 0 Å². The van der Waals surface area contributed by atoms with E-state index < -0.39 is 17.3 Å². The lowest BCUT2D eigenvalue weighted by Gasteiger charge is -2.22. The average Bonchev–Trinajstić information content (AvgIpc) is 2.95. The summed E-state index contributed by atoms with van der Waals surface area (Å²) in [5, 5.41) is 11.3. The van der Waals surface area contributed by atoms with E-state index in [1.54, 1.807) is 42.5 Å². The second-order valence-electron chi connectivity index (χ2n) is 7.29. The highest BCUT2D eigenvalue weighted by atomic mass is 19.1. The van der Waals surface area contributed by atoms with Gasteiger partial charge in [-0.3, -0.25) is 9.59 Å². The highest BCUT2D eigenvalue weighted by molar-refractivity contribution is 6.10. The molecule has 1 aliphatic heterocycles. The summed E-state index contributed by atoms with van der Waals surface area (Å²) in [7, 11) is 0. The van der Waals surface area contributed by atoms with Gasteiger partial charge in [0, 0.05) is 5.56 Å². The second-order valence-corrected chi connectivity index (χ2v) is 7.29. The minimum absolute atomic E-state index is 0.101. The van der Waals surface area contributed by atoms with Crippen LogP contribution in [0.4, 0.5) is 10.1 Å². The van der Waals surface area contributed by atoms with Crippen molar-refractivity contribution >= 4 is 23.5 Å². The summed E-state index contributed by atoms with van der Waals surface area (Å²) < 4.78 is 13.6. The molecule has 0 fully saturated rings. The standard InChI is InChI=1S/C25H20FNO3/c26-20-10-6-9-19(15-20)17-27-23-12-5-4-11-22(23)25(30,24(27)29)16-21(28)14-13-18-7-2-1-3-8-18/h1-15,30H,16-17H2/b14-13+/t25-/m0/s1. The molecule has 4 nitrogen and oxygen atoms in total. The van der Waals surface area contributed by atoms with E-state index in [9.17, 15) is 19.1 Å². The van der Waals surface area contributed by atoms with Crippen molar-refractivity contribution in [3.63, 3.8) is 0 Å². The fraction of sp³-hybridized carbons (Fsp3) is 0.120. The Morgan fingerprint density at radius 3 is 2.50 bits per heavy atom. The van der Waals surface area contributed by atoms with Crippen LogP contribution in [0, 0.1) is 5.82 Å². The zero-order valence-electron chi connectivity index (χ0n) is 16.2.